The van der Waals surface area contributed by atoms with E-state index in [4.69, 9.17) is 0 Å². The minimum atomic E-state index is -0.929. The highest BCUT2D eigenvalue weighted by Crippen LogP contribution is 2.46. The maximum atomic E-state index is 13.4. The molecule has 0 radical (unpaired) electrons. The van der Waals surface area contributed by atoms with Crippen LogP contribution >= 0.6 is 15.9 Å². The van der Waals surface area contributed by atoms with Gasteiger partial charge in [-0.2, -0.15) is 0 Å². The first-order valence-electron chi connectivity index (χ1n) is 9.23. The van der Waals surface area contributed by atoms with Crippen molar-refractivity contribution in [3.63, 3.8) is 0 Å². The van der Waals surface area contributed by atoms with Crippen molar-refractivity contribution in [1.82, 2.24) is 5.32 Å². The predicted molar refractivity (Wildman–Crippen MR) is 117 cm³/mol. The van der Waals surface area contributed by atoms with Crippen LogP contribution in [0, 0.1) is 0 Å². The molecule has 28 heavy (non-hydrogen) atoms. The number of amides is 1. The van der Waals surface area contributed by atoms with Crippen molar-refractivity contribution in [2.45, 2.75) is 18.0 Å². The van der Waals surface area contributed by atoms with Crippen LogP contribution in [-0.4, -0.2) is 5.91 Å². The van der Waals surface area contributed by atoms with Gasteiger partial charge >= 0.3 is 0 Å². The minimum Gasteiger partial charge on any atom is -0.324 e. The van der Waals surface area contributed by atoms with E-state index in [2.05, 4.69) is 45.3 Å². The largest absolute Gasteiger partial charge is 0.324 e. The first-order valence-corrected chi connectivity index (χ1v) is 10.0. The molecule has 0 saturated carbocycles. The molecule has 2 atom stereocenters. The molecule has 1 amide bonds. The molecular weight excluding hydrogens is 412 g/mol. The molecule has 0 aliphatic carbocycles. The lowest BCUT2D eigenvalue weighted by atomic mass is 9.75. The van der Waals surface area contributed by atoms with E-state index in [-0.39, 0.29) is 11.8 Å². The Morgan fingerprint density at radius 3 is 2.39 bits per heavy atom. The molecule has 140 valence electrons. The van der Waals surface area contributed by atoms with Gasteiger partial charge in [-0.15, -0.1) is 6.58 Å². The van der Waals surface area contributed by atoms with Crippen LogP contribution < -0.4 is 10.6 Å². The number of fused-ring (bicyclic) bond motifs is 1. The monoisotopic (exact) mass is 432 g/mol. The van der Waals surface area contributed by atoms with Gasteiger partial charge in [-0.05, 0) is 29.3 Å². The molecule has 3 nitrogen and oxygen atoms in total. The summed E-state index contributed by atoms with van der Waals surface area (Å²) in [6, 6.07) is 26.1. The molecule has 0 fully saturated rings. The number of hydrogen-bond acceptors (Lipinski definition) is 2. The number of nitrogens with one attached hydrogen (secondary N) is 2. The van der Waals surface area contributed by atoms with Crippen molar-refractivity contribution in [1.29, 1.82) is 0 Å². The molecular formula is C24H21BrN2O. The number of carbonyl (C=O) groups excluding carboxylic acids is 1. The summed E-state index contributed by atoms with van der Waals surface area (Å²) in [4.78, 5) is 13.4. The Morgan fingerprint density at radius 1 is 1.00 bits per heavy atom. The molecule has 0 spiro atoms. The second kappa shape index (κ2) is 7.74. The van der Waals surface area contributed by atoms with E-state index in [0.29, 0.717) is 6.54 Å². The standard InChI is InChI=1S/C24H21BrN2O/c1-2-20(18-12-14-19(25)15-13-18)24(26-16-17-8-4-3-5-9-17)21-10-6-7-11-22(21)27-23(24)28/h2-15,20,26H,1,16H2,(H,27,28)/t20-,24+/m1/s1. The van der Waals surface area contributed by atoms with E-state index in [1.165, 1.54) is 0 Å². The maximum Gasteiger partial charge on any atom is 0.250 e. The van der Waals surface area contributed by atoms with Gasteiger partial charge in [0.05, 0.1) is 0 Å². The highest BCUT2D eigenvalue weighted by atomic mass is 79.9. The van der Waals surface area contributed by atoms with E-state index in [1.807, 2.05) is 72.8 Å². The Balaban J connectivity index is 1.82. The van der Waals surface area contributed by atoms with E-state index < -0.39 is 5.54 Å². The number of para-hydroxylation sites is 1. The number of halogens is 1. The second-order valence-corrected chi connectivity index (χ2v) is 7.83. The topological polar surface area (TPSA) is 41.1 Å². The fraction of sp³-hybridized carbons (Fsp3) is 0.125. The third-order valence-electron chi connectivity index (χ3n) is 5.30. The number of anilines is 1. The van der Waals surface area contributed by atoms with Crippen LogP contribution in [-0.2, 0) is 16.9 Å². The van der Waals surface area contributed by atoms with Crippen LogP contribution in [0.1, 0.15) is 22.6 Å². The summed E-state index contributed by atoms with van der Waals surface area (Å²) in [6.07, 6.45) is 1.86. The zero-order valence-electron chi connectivity index (χ0n) is 15.4. The summed E-state index contributed by atoms with van der Waals surface area (Å²) in [6.45, 7) is 4.65. The van der Waals surface area contributed by atoms with Gasteiger partial charge in [0.25, 0.3) is 0 Å². The van der Waals surface area contributed by atoms with Crippen LogP contribution in [0.2, 0.25) is 0 Å². The molecule has 4 rings (SSSR count). The Hall–Kier alpha value is -2.69. The van der Waals surface area contributed by atoms with Crippen molar-refractivity contribution >= 4 is 27.5 Å². The van der Waals surface area contributed by atoms with Crippen molar-refractivity contribution in [2.75, 3.05) is 5.32 Å². The Kier molecular flexibility index (Phi) is 5.16. The number of hydrogen-bond donors (Lipinski definition) is 2. The molecule has 0 bridgehead atoms. The number of carbonyl (C=O) groups is 1. The van der Waals surface area contributed by atoms with Gasteiger partial charge in [0, 0.05) is 28.2 Å². The Bertz CT molecular complexity index is 1000. The second-order valence-electron chi connectivity index (χ2n) is 6.91. The van der Waals surface area contributed by atoms with Gasteiger partial charge in [-0.3, -0.25) is 10.1 Å². The SMILES string of the molecule is C=C[C@H](c1ccc(Br)cc1)[C@@]1(NCc2ccccc2)C(=O)Nc2ccccc21. The molecule has 0 unspecified atom stereocenters. The van der Waals surface area contributed by atoms with E-state index >= 15 is 0 Å². The van der Waals surface area contributed by atoms with Gasteiger partial charge in [0.15, 0.2) is 0 Å². The van der Waals surface area contributed by atoms with Gasteiger partial charge in [-0.25, -0.2) is 0 Å². The molecule has 4 heteroatoms. The summed E-state index contributed by atoms with van der Waals surface area (Å²) < 4.78 is 1.00. The molecule has 0 aromatic heterocycles. The van der Waals surface area contributed by atoms with Crippen molar-refractivity contribution in [3.8, 4) is 0 Å². The van der Waals surface area contributed by atoms with Crippen LogP contribution in [0.3, 0.4) is 0 Å². The van der Waals surface area contributed by atoms with E-state index in [0.717, 1.165) is 26.9 Å². The average Bonchev–Trinajstić information content (AvgIpc) is 3.01. The van der Waals surface area contributed by atoms with Gasteiger partial charge < -0.3 is 5.32 Å². The Morgan fingerprint density at radius 2 is 1.68 bits per heavy atom. The average molecular weight is 433 g/mol. The molecule has 0 saturated heterocycles. The first-order chi connectivity index (χ1) is 13.6. The van der Waals surface area contributed by atoms with Crippen molar-refractivity contribution in [3.05, 3.63) is 113 Å². The zero-order chi connectivity index (χ0) is 19.6. The smallest absolute Gasteiger partial charge is 0.250 e. The normalized spacial score (nSPS) is 19.0. The molecule has 1 aliphatic rings. The first kappa shape index (κ1) is 18.7. The van der Waals surface area contributed by atoms with E-state index in [1.54, 1.807) is 0 Å². The Labute approximate surface area is 173 Å². The predicted octanol–water partition coefficient (Wildman–Crippen LogP) is 5.36. The summed E-state index contributed by atoms with van der Waals surface area (Å²) in [5, 5.41) is 6.65. The molecule has 3 aromatic carbocycles. The highest BCUT2D eigenvalue weighted by Gasteiger charge is 2.51. The quantitative estimate of drug-likeness (QED) is 0.515. The third-order valence-corrected chi connectivity index (χ3v) is 5.83. The third kappa shape index (κ3) is 3.19. The molecule has 2 N–H and O–H groups in total. The fourth-order valence-electron chi connectivity index (χ4n) is 3.94. The molecule has 3 aromatic rings. The van der Waals surface area contributed by atoms with E-state index in [9.17, 15) is 4.79 Å². The van der Waals surface area contributed by atoms with Crippen molar-refractivity contribution in [2.24, 2.45) is 0 Å². The summed E-state index contributed by atoms with van der Waals surface area (Å²) in [5.74, 6) is -0.287. The summed E-state index contributed by atoms with van der Waals surface area (Å²) in [5.41, 5.74) is 3.02. The highest BCUT2D eigenvalue weighted by molar-refractivity contribution is 9.10. The van der Waals surface area contributed by atoms with Gasteiger partial charge in [0.2, 0.25) is 5.91 Å². The number of rotatable bonds is 6. The van der Waals surface area contributed by atoms with Gasteiger partial charge in [-0.1, -0.05) is 82.7 Å². The van der Waals surface area contributed by atoms with Crippen LogP contribution in [0.5, 0.6) is 0 Å². The van der Waals surface area contributed by atoms with Crippen LogP contribution in [0.4, 0.5) is 5.69 Å². The number of benzene rings is 3. The molecule has 1 heterocycles. The van der Waals surface area contributed by atoms with Crippen LogP contribution in [0.15, 0.2) is 96.0 Å². The maximum absolute atomic E-state index is 13.4. The lowest BCUT2D eigenvalue weighted by Crippen LogP contribution is -2.51. The van der Waals surface area contributed by atoms with Crippen LogP contribution in [0.25, 0.3) is 0 Å². The van der Waals surface area contributed by atoms with Crippen molar-refractivity contribution < 1.29 is 4.79 Å². The zero-order valence-corrected chi connectivity index (χ0v) is 16.9. The fourth-order valence-corrected chi connectivity index (χ4v) is 4.21. The lowest BCUT2D eigenvalue weighted by molar-refractivity contribution is -0.122. The minimum absolute atomic E-state index is 0.0579. The summed E-state index contributed by atoms with van der Waals surface area (Å²) in [7, 11) is 0. The summed E-state index contributed by atoms with van der Waals surface area (Å²) >= 11 is 3.49. The van der Waals surface area contributed by atoms with Gasteiger partial charge in [0.1, 0.15) is 5.54 Å². The lowest BCUT2D eigenvalue weighted by Gasteiger charge is -2.36. The molecule has 1 aliphatic heterocycles.